The number of nitrogens with zero attached hydrogens (tertiary/aromatic N) is 1. The van der Waals surface area contributed by atoms with E-state index in [0.717, 1.165) is 13.0 Å². The van der Waals surface area contributed by atoms with Crippen molar-refractivity contribution in [1.82, 2.24) is 5.32 Å². The molecule has 2 rings (SSSR count). The third-order valence-electron chi connectivity index (χ3n) is 4.18. The summed E-state index contributed by atoms with van der Waals surface area (Å²) in [4.78, 5) is 1.93. The monoisotopic (exact) mass is 296 g/mol. The number of benzene rings is 1. The third kappa shape index (κ3) is 3.73. The predicted octanol–water partition coefficient (Wildman–Crippen LogP) is 3.81. The molecule has 2 nitrogen and oxygen atoms in total. The van der Waals surface area contributed by atoms with Crippen LogP contribution in [0.1, 0.15) is 34.1 Å². The molecule has 0 saturated carbocycles. The van der Waals surface area contributed by atoms with Gasteiger partial charge in [-0.1, -0.05) is 33.8 Å². The van der Waals surface area contributed by atoms with Crippen molar-refractivity contribution in [2.45, 2.75) is 46.2 Å². The number of anilines is 1. The van der Waals surface area contributed by atoms with Gasteiger partial charge in [-0.25, -0.2) is 8.78 Å². The molecule has 0 bridgehead atoms. The van der Waals surface area contributed by atoms with Crippen molar-refractivity contribution < 1.29 is 8.78 Å². The second kappa shape index (κ2) is 6.73. The van der Waals surface area contributed by atoms with E-state index in [1.54, 1.807) is 0 Å². The van der Waals surface area contributed by atoms with Crippen LogP contribution in [0, 0.1) is 23.5 Å². The highest BCUT2D eigenvalue weighted by Crippen LogP contribution is 2.30. The van der Waals surface area contributed by atoms with Crippen molar-refractivity contribution in [3.8, 4) is 0 Å². The number of hydrogen-bond acceptors (Lipinski definition) is 2. The van der Waals surface area contributed by atoms with E-state index < -0.39 is 11.6 Å². The van der Waals surface area contributed by atoms with E-state index in [1.165, 1.54) is 18.2 Å². The highest BCUT2D eigenvalue weighted by molar-refractivity contribution is 5.51. The van der Waals surface area contributed by atoms with E-state index >= 15 is 0 Å². The molecule has 0 aromatic heterocycles. The first-order chi connectivity index (χ1) is 9.90. The maximum atomic E-state index is 14.2. The van der Waals surface area contributed by atoms with Gasteiger partial charge in [-0.15, -0.1) is 0 Å². The fourth-order valence-corrected chi connectivity index (χ4v) is 3.18. The van der Waals surface area contributed by atoms with E-state index in [1.807, 2.05) is 4.90 Å². The van der Waals surface area contributed by atoms with Crippen LogP contribution >= 0.6 is 0 Å². The van der Waals surface area contributed by atoms with Crippen LogP contribution < -0.4 is 10.2 Å². The van der Waals surface area contributed by atoms with E-state index in [0.29, 0.717) is 18.4 Å². The summed E-state index contributed by atoms with van der Waals surface area (Å²) in [6.45, 7) is 9.96. The van der Waals surface area contributed by atoms with Crippen LogP contribution in [0.15, 0.2) is 18.2 Å². The largest absolute Gasteiger partial charge is 0.361 e. The molecular formula is C17H26F2N2. The van der Waals surface area contributed by atoms with Gasteiger partial charge in [0.25, 0.3) is 0 Å². The van der Waals surface area contributed by atoms with Crippen LogP contribution in [0.4, 0.5) is 14.5 Å². The van der Waals surface area contributed by atoms with E-state index in [2.05, 4.69) is 33.0 Å². The van der Waals surface area contributed by atoms with Crippen LogP contribution in [0.5, 0.6) is 0 Å². The Bertz CT molecular complexity index is 454. The van der Waals surface area contributed by atoms with Crippen molar-refractivity contribution in [2.24, 2.45) is 11.8 Å². The summed E-state index contributed by atoms with van der Waals surface area (Å²) in [5.41, 5.74) is 0.131. The number of piperazine rings is 1. The van der Waals surface area contributed by atoms with Crippen molar-refractivity contribution in [1.29, 1.82) is 0 Å². The molecule has 0 aliphatic carbocycles. The molecule has 1 heterocycles. The van der Waals surface area contributed by atoms with Crippen LogP contribution in [-0.2, 0) is 0 Å². The summed E-state index contributed by atoms with van der Waals surface area (Å²) in [6, 6.07) is 4.50. The Hall–Kier alpha value is -1.16. The van der Waals surface area contributed by atoms with Crippen LogP contribution in [0.2, 0.25) is 0 Å². The molecule has 1 N–H and O–H groups in total. The molecule has 1 fully saturated rings. The second-order valence-corrected chi connectivity index (χ2v) is 6.77. The van der Waals surface area contributed by atoms with Crippen molar-refractivity contribution >= 4 is 5.69 Å². The first-order valence-corrected chi connectivity index (χ1v) is 7.84. The van der Waals surface area contributed by atoms with Gasteiger partial charge in [0.05, 0.1) is 0 Å². The second-order valence-electron chi connectivity index (χ2n) is 6.77. The highest BCUT2D eigenvalue weighted by atomic mass is 19.1. The minimum absolute atomic E-state index is 0.111. The van der Waals surface area contributed by atoms with Gasteiger partial charge in [0.15, 0.2) is 0 Å². The lowest BCUT2D eigenvalue weighted by molar-refractivity contribution is 0.306. The van der Waals surface area contributed by atoms with E-state index in [9.17, 15) is 8.78 Å². The summed E-state index contributed by atoms with van der Waals surface area (Å²) in [5.74, 6) is -0.0429. The van der Waals surface area contributed by atoms with Crippen LogP contribution in [-0.4, -0.2) is 25.2 Å². The van der Waals surface area contributed by atoms with Gasteiger partial charge in [0.1, 0.15) is 17.3 Å². The zero-order valence-corrected chi connectivity index (χ0v) is 13.4. The lowest BCUT2D eigenvalue weighted by atomic mass is 9.94. The number of para-hydroxylation sites is 1. The van der Waals surface area contributed by atoms with E-state index in [-0.39, 0.29) is 17.8 Å². The smallest absolute Gasteiger partial charge is 0.149 e. The number of rotatable bonds is 4. The topological polar surface area (TPSA) is 15.3 Å². The summed E-state index contributed by atoms with van der Waals surface area (Å²) < 4.78 is 28.3. The van der Waals surface area contributed by atoms with Gasteiger partial charge in [-0.05, 0) is 30.4 Å². The lowest BCUT2D eigenvalue weighted by Gasteiger charge is -2.44. The highest BCUT2D eigenvalue weighted by Gasteiger charge is 2.33. The fraction of sp³-hybridized carbons (Fsp3) is 0.647. The Morgan fingerprint density at radius 2 is 1.81 bits per heavy atom. The Labute approximate surface area is 126 Å². The standard InChI is InChI=1S/C17H26F2N2/c1-11(2)8-13-10-21(16(9-20-13)12(3)4)17-14(18)6-5-7-15(17)19/h5-7,11-13,16,20H,8-10H2,1-4H3. The van der Waals surface area contributed by atoms with Crippen molar-refractivity contribution in [3.05, 3.63) is 29.8 Å². The quantitative estimate of drug-likeness (QED) is 0.909. The van der Waals surface area contributed by atoms with Gasteiger partial charge in [0, 0.05) is 25.2 Å². The predicted molar refractivity (Wildman–Crippen MR) is 83.6 cm³/mol. The number of halogens is 2. The normalized spacial score (nSPS) is 23.1. The Morgan fingerprint density at radius 1 is 1.19 bits per heavy atom. The summed E-state index contributed by atoms with van der Waals surface area (Å²) in [6.07, 6.45) is 1.01. The van der Waals surface area contributed by atoms with Gasteiger partial charge in [-0.2, -0.15) is 0 Å². The zero-order chi connectivity index (χ0) is 15.6. The maximum absolute atomic E-state index is 14.2. The Morgan fingerprint density at radius 3 is 2.33 bits per heavy atom. The Balaban J connectivity index is 2.30. The molecule has 4 heteroatoms. The average Bonchev–Trinajstić information content (AvgIpc) is 2.37. The minimum Gasteiger partial charge on any atom is -0.361 e. The van der Waals surface area contributed by atoms with E-state index in [4.69, 9.17) is 0 Å². The molecule has 21 heavy (non-hydrogen) atoms. The summed E-state index contributed by atoms with van der Waals surface area (Å²) in [7, 11) is 0. The number of nitrogens with one attached hydrogen (secondary N) is 1. The summed E-state index contributed by atoms with van der Waals surface area (Å²) in [5, 5.41) is 3.53. The molecule has 0 amide bonds. The van der Waals surface area contributed by atoms with Crippen molar-refractivity contribution in [2.75, 3.05) is 18.0 Å². The van der Waals surface area contributed by atoms with Gasteiger partial charge < -0.3 is 10.2 Å². The molecular weight excluding hydrogens is 270 g/mol. The fourth-order valence-electron chi connectivity index (χ4n) is 3.18. The average molecular weight is 296 g/mol. The minimum atomic E-state index is -0.467. The maximum Gasteiger partial charge on any atom is 0.149 e. The first-order valence-electron chi connectivity index (χ1n) is 7.84. The molecule has 2 unspecified atom stereocenters. The zero-order valence-electron chi connectivity index (χ0n) is 13.4. The molecule has 1 aromatic rings. The third-order valence-corrected chi connectivity index (χ3v) is 4.18. The molecule has 1 aliphatic rings. The van der Waals surface area contributed by atoms with Gasteiger partial charge in [0.2, 0.25) is 0 Å². The lowest BCUT2D eigenvalue weighted by Crippen LogP contribution is -2.59. The van der Waals surface area contributed by atoms with Crippen LogP contribution in [0.25, 0.3) is 0 Å². The molecule has 0 radical (unpaired) electrons. The first kappa shape index (κ1) is 16.2. The molecule has 1 saturated heterocycles. The molecule has 1 aliphatic heterocycles. The van der Waals surface area contributed by atoms with Crippen LogP contribution in [0.3, 0.4) is 0 Å². The molecule has 118 valence electrons. The Kier molecular flexibility index (Phi) is 5.20. The number of hydrogen-bond donors (Lipinski definition) is 1. The van der Waals surface area contributed by atoms with Crippen molar-refractivity contribution in [3.63, 3.8) is 0 Å². The van der Waals surface area contributed by atoms with Gasteiger partial charge in [-0.3, -0.25) is 0 Å². The molecule has 1 aromatic carbocycles. The summed E-state index contributed by atoms with van der Waals surface area (Å²) >= 11 is 0. The van der Waals surface area contributed by atoms with Gasteiger partial charge >= 0.3 is 0 Å². The molecule has 0 spiro atoms. The SMILES string of the molecule is CC(C)CC1CN(c2c(F)cccc2F)C(C(C)C)CN1. The molecule has 2 atom stereocenters.